The van der Waals surface area contributed by atoms with Gasteiger partial charge in [0.1, 0.15) is 0 Å². The number of hydrogen-bond acceptors (Lipinski definition) is 3. The third kappa shape index (κ3) is 1.17. The Kier molecular flexibility index (Phi) is 1.88. The summed E-state index contributed by atoms with van der Waals surface area (Å²) >= 11 is 0. The first-order valence-corrected chi connectivity index (χ1v) is 4.06. The Balaban J connectivity index is 1.93. The molecule has 2 rings (SSSR count). The maximum atomic E-state index is 3.23. The topological polar surface area (TPSA) is 36.1 Å². The van der Waals surface area contributed by atoms with Gasteiger partial charge in [-0.25, -0.2) is 10.9 Å². The normalized spacial score (nSPS) is 40.8. The quantitative estimate of drug-likeness (QED) is 0.453. The minimum Gasteiger partial charge on any atom is -0.241 e. The van der Waals surface area contributed by atoms with Crippen LogP contribution in [0, 0.1) is 12.5 Å². The lowest BCUT2D eigenvalue weighted by molar-refractivity contribution is 0.197. The molecule has 0 aromatic heterocycles. The average molecular weight is 140 g/mol. The van der Waals surface area contributed by atoms with Crippen LogP contribution in [0.5, 0.6) is 0 Å². The highest BCUT2D eigenvalue weighted by Gasteiger charge is 2.26. The molecule has 1 radical (unpaired) electrons. The van der Waals surface area contributed by atoms with Crippen molar-refractivity contribution in [1.82, 2.24) is 16.4 Å². The van der Waals surface area contributed by atoms with E-state index >= 15 is 0 Å². The predicted molar refractivity (Wildman–Crippen MR) is 39.5 cm³/mol. The van der Waals surface area contributed by atoms with Crippen LogP contribution in [0.2, 0.25) is 0 Å². The molecule has 0 aromatic rings. The standard InChI is InChI=1S/C7H14N3/c1-2-4-7-6(3-1)5-8-10-9-7/h5-10H,1-4H2. The van der Waals surface area contributed by atoms with E-state index in [1.54, 1.807) is 0 Å². The molecule has 0 bridgehead atoms. The Morgan fingerprint density at radius 2 is 2.10 bits per heavy atom. The highest BCUT2D eigenvalue weighted by atomic mass is 15.6. The molecule has 0 aromatic carbocycles. The lowest BCUT2D eigenvalue weighted by Gasteiger charge is -2.36. The van der Waals surface area contributed by atoms with Gasteiger partial charge >= 0.3 is 0 Å². The molecule has 1 aliphatic heterocycles. The van der Waals surface area contributed by atoms with Crippen molar-refractivity contribution in [1.29, 1.82) is 0 Å². The Bertz CT molecular complexity index is 89.4. The van der Waals surface area contributed by atoms with Gasteiger partial charge < -0.3 is 0 Å². The lowest BCUT2D eigenvalue weighted by atomic mass is 9.84. The zero-order valence-electron chi connectivity index (χ0n) is 6.06. The van der Waals surface area contributed by atoms with E-state index in [0.29, 0.717) is 6.04 Å². The Hall–Kier alpha value is -0.120. The van der Waals surface area contributed by atoms with Crippen LogP contribution in [0.15, 0.2) is 0 Å². The molecule has 2 atom stereocenters. The van der Waals surface area contributed by atoms with E-state index in [-0.39, 0.29) is 0 Å². The first-order chi connectivity index (χ1) is 4.97. The second-order valence-electron chi connectivity index (χ2n) is 3.14. The SMILES string of the molecule is [CH]1NNNC2CCCCC12. The van der Waals surface area contributed by atoms with E-state index in [4.69, 9.17) is 0 Å². The maximum absolute atomic E-state index is 3.23. The molecule has 1 aliphatic carbocycles. The fourth-order valence-corrected chi connectivity index (χ4v) is 1.82. The van der Waals surface area contributed by atoms with E-state index in [9.17, 15) is 0 Å². The van der Waals surface area contributed by atoms with E-state index in [1.807, 2.05) is 0 Å². The van der Waals surface area contributed by atoms with Gasteiger partial charge in [-0.05, 0) is 18.8 Å². The van der Waals surface area contributed by atoms with Crippen LogP contribution >= 0.6 is 0 Å². The summed E-state index contributed by atoms with van der Waals surface area (Å²) in [6.07, 6.45) is 5.42. The fraction of sp³-hybridized carbons (Fsp3) is 0.857. The predicted octanol–water partition coefficient (Wildman–Crippen LogP) is 0.319. The molecule has 0 spiro atoms. The van der Waals surface area contributed by atoms with Gasteiger partial charge in [0.15, 0.2) is 0 Å². The smallest absolute Gasteiger partial charge is 0.0440 e. The number of nitrogens with one attached hydrogen (secondary N) is 3. The molecule has 1 heterocycles. The Morgan fingerprint density at radius 3 is 3.00 bits per heavy atom. The summed E-state index contributed by atoms with van der Waals surface area (Å²) in [7, 11) is 0. The minimum atomic E-state index is 0.676. The second-order valence-corrected chi connectivity index (χ2v) is 3.14. The van der Waals surface area contributed by atoms with Gasteiger partial charge in [-0.1, -0.05) is 12.8 Å². The van der Waals surface area contributed by atoms with Crippen molar-refractivity contribution in [2.45, 2.75) is 31.7 Å². The molecule has 1 saturated carbocycles. The van der Waals surface area contributed by atoms with Crippen LogP contribution in [0.3, 0.4) is 0 Å². The number of fused-ring (bicyclic) bond motifs is 1. The third-order valence-electron chi connectivity index (χ3n) is 2.45. The van der Waals surface area contributed by atoms with Gasteiger partial charge in [0, 0.05) is 12.6 Å². The molecule has 1 saturated heterocycles. The number of rotatable bonds is 0. The first kappa shape index (κ1) is 6.58. The molecule has 2 unspecified atom stereocenters. The molecule has 3 heteroatoms. The van der Waals surface area contributed by atoms with Gasteiger partial charge in [0.25, 0.3) is 0 Å². The van der Waals surface area contributed by atoms with Crippen LogP contribution in [0.1, 0.15) is 25.7 Å². The molecule has 2 fully saturated rings. The monoisotopic (exact) mass is 140 g/mol. The van der Waals surface area contributed by atoms with Crippen LogP contribution in [0.25, 0.3) is 0 Å². The Morgan fingerprint density at radius 1 is 1.20 bits per heavy atom. The molecule has 10 heavy (non-hydrogen) atoms. The van der Waals surface area contributed by atoms with Crippen molar-refractivity contribution < 1.29 is 0 Å². The van der Waals surface area contributed by atoms with Crippen molar-refractivity contribution in [3.63, 3.8) is 0 Å². The van der Waals surface area contributed by atoms with Gasteiger partial charge in [-0.15, -0.1) is 0 Å². The zero-order chi connectivity index (χ0) is 6.81. The van der Waals surface area contributed by atoms with Crippen LogP contribution in [0.4, 0.5) is 0 Å². The first-order valence-electron chi connectivity index (χ1n) is 4.06. The molecule has 3 nitrogen and oxygen atoms in total. The third-order valence-corrected chi connectivity index (χ3v) is 2.45. The molecule has 0 amide bonds. The van der Waals surface area contributed by atoms with Crippen molar-refractivity contribution in [2.24, 2.45) is 5.92 Å². The van der Waals surface area contributed by atoms with Crippen molar-refractivity contribution in [3.05, 3.63) is 6.54 Å². The average Bonchev–Trinajstić information content (AvgIpc) is 2.05. The van der Waals surface area contributed by atoms with E-state index in [0.717, 1.165) is 5.92 Å². The summed E-state index contributed by atoms with van der Waals surface area (Å²) in [4.78, 5) is 0. The van der Waals surface area contributed by atoms with E-state index < -0.39 is 0 Å². The molecule has 2 aliphatic rings. The van der Waals surface area contributed by atoms with Gasteiger partial charge in [0.05, 0.1) is 0 Å². The summed E-state index contributed by atoms with van der Waals surface area (Å²) in [6.45, 7) is 2.17. The van der Waals surface area contributed by atoms with Crippen molar-refractivity contribution in [2.75, 3.05) is 0 Å². The highest BCUT2D eigenvalue weighted by Crippen LogP contribution is 2.25. The van der Waals surface area contributed by atoms with Crippen molar-refractivity contribution >= 4 is 0 Å². The van der Waals surface area contributed by atoms with Crippen LogP contribution < -0.4 is 16.4 Å². The fourth-order valence-electron chi connectivity index (χ4n) is 1.82. The van der Waals surface area contributed by atoms with Gasteiger partial charge in [-0.3, -0.25) is 0 Å². The summed E-state index contributed by atoms with van der Waals surface area (Å²) < 4.78 is 0. The lowest BCUT2D eigenvalue weighted by Crippen LogP contribution is -2.58. The molecule has 57 valence electrons. The molecular weight excluding hydrogens is 126 g/mol. The minimum absolute atomic E-state index is 0.676. The maximum Gasteiger partial charge on any atom is 0.0440 e. The summed E-state index contributed by atoms with van der Waals surface area (Å²) in [5.74, 6) is 0.745. The number of hydrazine groups is 2. The van der Waals surface area contributed by atoms with E-state index in [1.165, 1.54) is 25.7 Å². The van der Waals surface area contributed by atoms with Crippen LogP contribution in [-0.4, -0.2) is 6.04 Å². The summed E-state index contributed by atoms with van der Waals surface area (Å²) in [5, 5.41) is 0. The van der Waals surface area contributed by atoms with Crippen molar-refractivity contribution in [3.8, 4) is 0 Å². The highest BCUT2D eigenvalue weighted by molar-refractivity contribution is 4.89. The number of hydrogen-bond donors (Lipinski definition) is 3. The molecular formula is C7H14N3. The molecule has 3 N–H and O–H groups in total. The summed E-state index contributed by atoms with van der Waals surface area (Å²) in [6, 6.07) is 0.676. The Labute approximate surface area is 61.5 Å². The largest absolute Gasteiger partial charge is 0.241 e. The van der Waals surface area contributed by atoms with E-state index in [2.05, 4.69) is 22.9 Å². The second kappa shape index (κ2) is 2.86. The van der Waals surface area contributed by atoms with Gasteiger partial charge in [-0.2, -0.15) is 5.53 Å². The van der Waals surface area contributed by atoms with Crippen LogP contribution in [-0.2, 0) is 0 Å². The zero-order valence-corrected chi connectivity index (χ0v) is 6.06. The summed E-state index contributed by atoms with van der Waals surface area (Å²) in [5.41, 5.74) is 9.15. The van der Waals surface area contributed by atoms with Gasteiger partial charge in [0.2, 0.25) is 0 Å².